The van der Waals surface area contributed by atoms with Crippen LogP contribution in [0.4, 0.5) is 4.79 Å². The molecule has 7 nitrogen and oxygen atoms in total. The second kappa shape index (κ2) is 6.64. The Kier molecular flexibility index (Phi) is 4.41. The summed E-state index contributed by atoms with van der Waals surface area (Å²) in [6.07, 6.45) is 4.05. The maximum atomic E-state index is 12.1. The molecule has 0 saturated carbocycles. The summed E-state index contributed by atoms with van der Waals surface area (Å²) in [5.74, 6) is 2.49. The number of carbonyl (C=O) groups is 1. The van der Waals surface area contributed by atoms with Crippen molar-refractivity contribution < 1.29 is 13.7 Å². The normalized spacial score (nSPS) is 16.0. The van der Waals surface area contributed by atoms with E-state index >= 15 is 0 Å². The van der Waals surface area contributed by atoms with Crippen LogP contribution >= 0.6 is 0 Å². The first-order chi connectivity index (χ1) is 10.7. The van der Waals surface area contributed by atoms with Gasteiger partial charge in [0, 0.05) is 32.0 Å². The molecule has 7 heteroatoms. The van der Waals surface area contributed by atoms with Gasteiger partial charge in [0.1, 0.15) is 5.76 Å². The van der Waals surface area contributed by atoms with E-state index in [4.69, 9.17) is 8.94 Å². The summed E-state index contributed by atoms with van der Waals surface area (Å²) in [6.45, 7) is 3.81. The molecule has 0 unspecified atom stereocenters. The number of hydrogen-bond donors (Lipinski definition) is 1. The first-order valence-electron chi connectivity index (χ1n) is 7.58. The second-order valence-corrected chi connectivity index (χ2v) is 5.50. The molecule has 3 rings (SSSR count). The van der Waals surface area contributed by atoms with Crippen molar-refractivity contribution in [2.75, 3.05) is 19.6 Å². The molecule has 118 valence electrons. The Morgan fingerprint density at radius 3 is 2.91 bits per heavy atom. The zero-order valence-corrected chi connectivity index (χ0v) is 12.6. The van der Waals surface area contributed by atoms with Gasteiger partial charge in [-0.05, 0) is 31.9 Å². The van der Waals surface area contributed by atoms with Gasteiger partial charge in [-0.3, -0.25) is 0 Å². The molecule has 0 aliphatic carbocycles. The Labute approximate surface area is 128 Å². The van der Waals surface area contributed by atoms with Crippen LogP contribution in [0, 0.1) is 6.92 Å². The zero-order chi connectivity index (χ0) is 15.4. The van der Waals surface area contributed by atoms with E-state index in [1.54, 1.807) is 6.26 Å². The quantitative estimate of drug-likeness (QED) is 0.935. The Balaban J connectivity index is 1.41. The van der Waals surface area contributed by atoms with Gasteiger partial charge in [-0.2, -0.15) is 4.98 Å². The van der Waals surface area contributed by atoms with Crippen molar-refractivity contribution in [2.24, 2.45) is 0 Å². The van der Waals surface area contributed by atoms with Crippen molar-refractivity contribution in [3.05, 3.63) is 35.9 Å². The average Bonchev–Trinajstić information content (AvgIpc) is 3.19. The van der Waals surface area contributed by atoms with Gasteiger partial charge in [-0.1, -0.05) is 5.16 Å². The lowest BCUT2D eigenvalue weighted by Gasteiger charge is -2.30. The average molecular weight is 304 g/mol. The maximum absolute atomic E-state index is 12.1. The fourth-order valence-electron chi connectivity index (χ4n) is 2.67. The molecule has 0 spiro atoms. The number of nitrogens with zero attached hydrogens (tertiary/aromatic N) is 3. The lowest BCUT2D eigenvalue weighted by Crippen LogP contribution is -2.44. The number of nitrogens with one attached hydrogen (secondary N) is 1. The van der Waals surface area contributed by atoms with Crippen LogP contribution in [0.5, 0.6) is 0 Å². The topological polar surface area (TPSA) is 84.4 Å². The first-order valence-corrected chi connectivity index (χ1v) is 7.58. The molecule has 0 radical (unpaired) electrons. The lowest BCUT2D eigenvalue weighted by atomic mass is 9.97. The van der Waals surface area contributed by atoms with Crippen molar-refractivity contribution >= 4 is 6.03 Å². The first kappa shape index (κ1) is 14.6. The Morgan fingerprint density at radius 2 is 2.27 bits per heavy atom. The summed E-state index contributed by atoms with van der Waals surface area (Å²) in [5, 5.41) is 6.75. The molecule has 1 aliphatic rings. The molecule has 1 saturated heterocycles. The summed E-state index contributed by atoms with van der Waals surface area (Å²) < 4.78 is 10.5. The van der Waals surface area contributed by atoms with Crippen LogP contribution in [0.3, 0.4) is 0 Å². The highest BCUT2D eigenvalue weighted by atomic mass is 16.5. The van der Waals surface area contributed by atoms with Crippen LogP contribution in [0.15, 0.2) is 27.3 Å². The highest BCUT2D eigenvalue weighted by molar-refractivity contribution is 5.74. The van der Waals surface area contributed by atoms with Crippen molar-refractivity contribution in [1.82, 2.24) is 20.4 Å². The number of furan rings is 1. The van der Waals surface area contributed by atoms with Crippen molar-refractivity contribution in [1.29, 1.82) is 0 Å². The number of aryl methyl sites for hydroxylation is 1. The van der Waals surface area contributed by atoms with E-state index in [1.165, 1.54) is 0 Å². The van der Waals surface area contributed by atoms with Gasteiger partial charge in [0.2, 0.25) is 5.89 Å². The van der Waals surface area contributed by atoms with Crippen LogP contribution in [-0.2, 0) is 6.42 Å². The number of carbonyl (C=O) groups excluding carboxylic acids is 1. The number of rotatable bonds is 4. The molecule has 0 atom stereocenters. The molecule has 1 aliphatic heterocycles. The van der Waals surface area contributed by atoms with E-state index in [0.29, 0.717) is 37.8 Å². The molecule has 2 amide bonds. The Hall–Kier alpha value is -2.31. The van der Waals surface area contributed by atoms with Gasteiger partial charge in [0.15, 0.2) is 5.82 Å². The SMILES string of the molecule is Cc1noc(C2CCN(C(=O)NCCc3ccco3)CC2)n1. The van der Waals surface area contributed by atoms with Crippen LogP contribution < -0.4 is 5.32 Å². The fourth-order valence-corrected chi connectivity index (χ4v) is 2.67. The zero-order valence-electron chi connectivity index (χ0n) is 12.6. The van der Waals surface area contributed by atoms with E-state index in [-0.39, 0.29) is 11.9 Å². The molecule has 3 heterocycles. The highest BCUT2D eigenvalue weighted by Crippen LogP contribution is 2.26. The monoisotopic (exact) mass is 304 g/mol. The van der Waals surface area contributed by atoms with E-state index in [1.807, 2.05) is 24.0 Å². The fraction of sp³-hybridized carbons (Fsp3) is 0.533. The third kappa shape index (κ3) is 3.47. The van der Waals surface area contributed by atoms with E-state index < -0.39 is 0 Å². The van der Waals surface area contributed by atoms with Crippen LogP contribution in [0.1, 0.15) is 36.2 Å². The Morgan fingerprint density at radius 1 is 1.45 bits per heavy atom. The third-order valence-electron chi connectivity index (χ3n) is 3.90. The summed E-state index contributed by atoms with van der Waals surface area (Å²) in [6, 6.07) is 3.73. The Bertz CT molecular complexity index is 600. The summed E-state index contributed by atoms with van der Waals surface area (Å²) >= 11 is 0. The van der Waals surface area contributed by atoms with Crippen molar-refractivity contribution in [2.45, 2.75) is 32.1 Å². The molecular formula is C15H20N4O3. The van der Waals surface area contributed by atoms with Crippen molar-refractivity contribution in [3.8, 4) is 0 Å². The minimum Gasteiger partial charge on any atom is -0.469 e. The number of amides is 2. The van der Waals surface area contributed by atoms with Gasteiger partial charge in [0.05, 0.1) is 6.26 Å². The molecule has 1 fully saturated rings. The second-order valence-electron chi connectivity index (χ2n) is 5.50. The standard InChI is InChI=1S/C15H20N4O3/c1-11-17-14(22-18-11)12-5-8-19(9-6-12)15(20)16-7-4-13-3-2-10-21-13/h2-3,10,12H,4-9H2,1H3,(H,16,20). The van der Waals surface area contributed by atoms with Gasteiger partial charge >= 0.3 is 6.03 Å². The van der Waals surface area contributed by atoms with Crippen molar-refractivity contribution in [3.63, 3.8) is 0 Å². The number of piperidine rings is 1. The molecule has 0 aromatic carbocycles. The van der Waals surface area contributed by atoms with Gasteiger partial charge in [0.25, 0.3) is 0 Å². The molecular weight excluding hydrogens is 284 g/mol. The molecule has 0 bridgehead atoms. The van der Waals surface area contributed by atoms with Gasteiger partial charge in [-0.25, -0.2) is 4.79 Å². The summed E-state index contributed by atoms with van der Waals surface area (Å²) in [7, 11) is 0. The molecule has 1 N–H and O–H groups in total. The minimum atomic E-state index is -0.0216. The van der Waals surface area contributed by atoms with Gasteiger partial charge < -0.3 is 19.2 Å². The van der Waals surface area contributed by atoms with E-state index in [0.717, 1.165) is 18.6 Å². The van der Waals surface area contributed by atoms with Crippen LogP contribution in [0.2, 0.25) is 0 Å². The van der Waals surface area contributed by atoms with E-state index in [9.17, 15) is 4.79 Å². The number of hydrogen-bond acceptors (Lipinski definition) is 5. The predicted molar refractivity (Wildman–Crippen MR) is 78.4 cm³/mol. The number of likely N-dealkylation sites (tertiary alicyclic amines) is 1. The minimum absolute atomic E-state index is 0.0216. The van der Waals surface area contributed by atoms with Gasteiger partial charge in [-0.15, -0.1) is 0 Å². The molecule has 2 aromatic rings. The predicted octanol–water partition coefficient (Wildman–Crippen LogP) is 2.10. The molecule has 2 aromatic heterocycles. The molecule has 22 heavy (non-hydrogen) atoms. The lowest BCUT2D eigenvalue weighted by molar-refractivity contribution is 0.175. The maximum Gasteiger partial charge on any atom is 0.317 e. The summed E-state index contributed by atoms with van der Waals surface area (Å²) in [4.78, 5) is 18.2. The largest absolute Gasteiger partial charge is 0.469 e. The summed E-state index contributed by atoms with van der Waals surface area (Å²) in [5.41, 5.74) is 0. The third-order valence-corrected chi connectivity index (χ3v) is 3.90. The number of urea groups is 1. The highest BCUT2D eigenvalue weighted by Gasteiger charge is 2.26. The number of aromatic nitrogens is 2. The van der Waals surface area contributed by atoms with E-state index in [2.05, 4.69) is 15.5 Å². The van der Waals surface area contributed by atoms with Crippen LogP contribution in [-0.4, -0.2) is 40.7 Å². The smallest absolute Gasteiger partial charge is 0.317 e. The van der Waals surface area contributed by atoms with Crippen LogP contribution in [0.25, 0.3) is 0 Å².